The number of fused-ring (bicyclic) bond motifs is 5. The van der Waals surface area contributed by atoms with Crippen molar-refractivity contribution in [2.45, 2.75) is 12.8 Å². The van der Waals surface area contributed by atoms with Crippen molar-refractivity contribution < 1.29 is 4.42 Å². The number of hydrogen-bond acceptors (Lipinski definition) is 2. The lowest BCUT2D eigenvalue weighted by Gasteiger charge is -2.26. The summed E-state index contributed by atoms with van der Waals surface area (Å²) in [6, 6.07) is 81.4. The van der Waals surface area contributed by atoms with Gasteiger partial charge in [0.2, 0.25) is 0 Å². The molecular formula is C62H43NO. The maximum absolute atomic E-state index is 6.44. The van der Waals surface area contributed by atoms with E-state index in [0.717, 1.165) is 68.5 Å². The number of rotatable bonds is 8. The van der Waals surface area contributed by atoms with Crippen LogP contribution in [0.2, 0.25) is 0 Å². The van der Waals surface area contributed by atoms with E-state index in [0.29, 0.717) is 0 Å². The molecule has 0 atom stereocenters. The summed E-state index contributed by atoms with van der Waals surface area (Å²) >= 11 is 0. The Morgan fingerprint density at radius 2 is 0.891 bits per heavy atom. The van der Waals surface area contributed by atoms with Crippen LogP contribution in [0.25, 0.3) is 94.4 Å². The molecule has 10 aromatic carbocycles. The minimum Gasteiger partial charge on any atom is -0.455 e. The third kappa shape index (κ3) is 6.87. The Kier molecular flexibility index (Phi) is 9.34. The van der Waals surface area contributed by atoms with Crippen molar-refractivity contribution in [3.05, 3.63) is 242 Å². The van der Waals surface area contributed by atoms with Crippen LogP contribution in [0.4, 0.5) is 17.1 Å². The van der Waals surface area contributed by atoms with Crippen LogP contribution >= 0.6 is 0 Å². The molecule has 2 heteroatoms. The molecule has 1 aliphatic carbocycles. The SMILES string of the molecule is C1=Cc2cc(-c3ccc(-c4ccc(-c5cccc(N(c6ccc(-c7cccc8ccccc78)cc6)c6ccc(-c7cccc8c7oc7ccccc78)cc6)c5)cc4)cc3)ccc2CC1. The van der Waals surface area contributed by atoms with Gasteiger partial charge in [-0.3, -0.25) is 0 Å². The van der Waals surface area contributed by atoms with Crippen molar-refractivity contribution in [2.24, 2.45) is 0 Å². The highest BCUT2D eigenvalue weighted by Crippen LogP contribution is 2.41. The smallest absolute Gasteiger partial charge is 0.143 e. The van der Waals surface area contributed by atoms with E-state index in [9.17, 15) is 0 Å². The molecule has 0 saturated carbocycles. The average Bonchev–Trinajstić information content (AvgIpc) is 3.76. The van der Waals surface area contributed by atoms with Crippen molar-refractivity contribution in [1.82, 2.24) is 0 Å². The molecule has 0 aliphatic heterocycles. The number of allylic oxidation sites excluding steroid dienone is 1. The summed E-state index contributed by atoms with van der Waals surface area (Å²) in [5.41, 5.74) is 19.7. The Hall–Kier alpha value is -8.20. The molecule has 1 aliphatic rings. The highest BCUT2D eigenvalue weighted by molar-refractivity contribution is 6.09. The van der Waals surface area contributed by atoms with E-state index in [1.54, 1.807) is 0 Å². The summed E-state index contributed by atoms with van der Waals surface area (Å²) < 4.78 is 6.44. The highest BCUT2D eigenvalue weighted by atomic mass is 16.3. The van der Waals surface area contributed by atoms with Gasteiger partial charge >= 0.3 is 0 Å². The van der Waals surface area contributed by atoms with E-state index in [-0.39, 0.29) is 0 Å². The summed E-state index contributed by atoms with van der Waals surface area (Å²) in [7, 11) is 0. The van der Waals surface area contributed by atoms with Crippen LogP contribution in [0.5, 0.6) is 0 Å². The third-order valence-electron chi connectivity index (χ3n) is 13.0. The second kappa shape index (κ2) is 15.9. The first-order chi connectivity index (χ1) is 31.7. The van der Waals surface area contributed by atoms with Crippen LogP contribution in [0.15, 0.2) is 235 Å². The van der Waals surface area contributed by atoms with Gasteiger partial charge in [0.25, 0.3) is 0 Å². The van der Waals surface area contributed by atoms with E-state index >= 15 is 0 Å². The van der Waals surface area contributed by atoms with Gasteiger partial charge in [-0.2, -0.15) is 0 Å². The Balaban J connectivity index is 0.879. The minimum absolute atomic E-state index is 0.905. The van der Waals surface area contributed by atoms with E-state index < -0.39 is 0 Å². The third-order valence-corrected chi connectivity index (χ3v) is 13.0. The largest absolute Gasteiger partial charge is 0.455 e. The molecule has 302 valence electrons. The van der Waals surface area contributed by atoms with Crippen LogP contribution in [-0.2, 0) is 6.42 Å². The molecule has 0 spiro atoms. The fourth-order valence-electron chi connectivity index (χ4n) is 9.62. The standard InChI is InChI=1S/C62H43NO/c1-2-12-50-40-52(31-30-42(50)10-1)46-28-24-44(25-29-46)43-22-26-45(27-23-43)51-14-7-15-55(41-51)63(53-36-32-48(33-37-53)57-18-8-13-47-11-3-4-16-56(47)57)54-38-34-49(35-39-54)58-19-9-20-60-59-17-5-6-21-61(59)64-62(58)60/h2-9,11-41H,1,10H2. The predicted molar refractivity (Wildman–Crippen MR) is 270 cm³/mol. The Labute approximate surface area is 373 Å². The average molecular weight is 818 g/mol. The molecule has 0 unspecified atom stereocenters. The minimum atomic E-state index is 0.905. The molecule has 0 fully saturated rings. The van der Waals surface area contributed by atoms with E-state index in [1.165, 1.54) is 60.8 Å². The summed E-state index contributed by atoms with van der Waals surface area (Å²) in [6.45, 7) is 0. The zero-order chi connectivity index (χ0) is 42.4. The van der Waals surface area contributed by atoms with Gasteiger partial charge in [0.15, 0.2) is 0 Å². The lowest BCUT2D eigenvalue weighted by molar-refractivity contribution is 0.670. The van der Waals surface area contributed by atoms with E-state index in [1.807, 2.05) is 12.1 Å². The number of furan rings is 1. The van der Waals surface area contributed by atoms with Crippen LogP contribution < -0.4 is 4.90 Å². The number of benzene rings is 10. The van der Waals surface area contributed by atoms with Gasteiger partial charge in [-0.1, -0.05) is 188 Å². The fourth-order valence-corrected chi connectivity index (χ4v) is 9.62. The van der Waals surface area contributed by atoms with E-state index in [2.05, 4.69) is 229 Å². The number of aryl methyl sites for hydroxylation is 1. The molecule has 12 rings (SSSR count). The summed E-state index contributed by atoms with van der Waals surface area (Å²) in [6.07, 6.45) is 6.80. The zero-order valence-corrected chi connectivity index (χ0v) is 35.3. The fraction of sp³-hybridized carbons (Fsp3) is 0.0323. The molecule has 64 heavy (non-hydrogen) atoms. The molecule has 11 aromatic rings. The number of hydrogen-bond donors (Lipinski definition) is 0. The van der Waals surface area contributed by atoms with Crippen LogP contribution in [0.1, 0.15) is 17.5 Å². The van der Waals surface area contributed by atoms with Crippen LogP contribution in [0.3, 0.4) is 0 Å². The quantitative estimate of drug-likeness (QED) is 0.152. The number of para-hydroxylation sites is 2. The van der Waals surface area contributed by atoms with Crippen molar-refractivity contribution in [3.8, 4) is 55.6 Å². The molecule has 1 heterocycles. The van der Waals surface area contributed by atoms with Crippen molar-refractivity contribution in [1.29, 1.82) is 0 Å². The first-order valence-corrected chi connectivity index (χ1v) is 22.2. The zero-order valence-electron chi connectivity index (χ0n) is 35.3. The molecule has 0 saturated heterocycles. The lowest BCUT2D eigenvalue weighted by Crippen LogP contribution is -2.10. The molecular weight excluding hydrogens is 775 g/mol. The summed E-state index contributed by atoms with van der Waals surface area (Å²) in [4.78, 5) is 2.36. The maximum Gasteiger partial charge on any atom is 0.143 e. The van der Waals surface area contributed by atoms with Gasteiger partial charge < -0.3 is 9.32 Å². The molecule has 2 nitrogen and oxygen atoms in total. The van der Waals surface area contributed by atoms with Crippen LogP contribution in [0, 0.1) is 0 Å². The first-order valence-electron chi connectivity index (χ1n) is 22.2. The summed E-state index contributed by atoms with van der Waals surface area (Å²) in [5, 5.41) is 4.76. The van der Waals surface area contributed by atoms with Gasteiger partial charge in [0.1, 0.15) is 11.2 Å². The second-order valence-corrected chi connectivity index (χ2v) is 16.8. The molecule has 0 bridgehead atoms. The normalized spacial score (nSPS) is 12.2. The molecule has 1 aromatic heterocycles. The van der Waals surface area contributed by atoms with Gasteiger partial charge in [-0.05, 0) is 133 Å². The van der Waals surface area contributed by atoms with Gasteiger partial charge in [0.05, 0.1) is 0 Å². The molecule has 0 radical (unpaired) electrons. The second-order valence-electron chi connectivity index (χ2n) is 16.8. The van der Waals surface area contributed by atoms with Gasteiger partial charge in [-0.15, -0.1) is 0 Å². The van der Waals surface area contributed by atoms with Crippen molar-refractivity contribution >= 4 is 55.8 Å². The Bertz CT molecular complexity index is 3510. The highest BCUT2D eigenvalue weighted by Gasteiger charge is 2.17. The molecule has 0 N–H and O–H groups in total. The molecule has 0 amide bonds. The maximum atomic E-state index is 6.44. The van der Waals surface area contributed by atoms with E-state index in [4.69, 9.17) is 4.42 Å². The predicted octanol–water partition coefficient (Wildman–Crippen LogP) is 17.5. The van der Waals surface area contributed by atoms with Crippen molar-refractivity contribution in [2.75, 3.05) is 4.90 Å². The number of anilines is 3. The number of nitrogens with zero attached hydrogens (tertiary/aromatic N) is 1. The summed E-state index contributed by atoms with van der Waals surface area (Å²) in [5.74, 6) is 0. The van der Waals surface area contributed by atoms with Crippen LogP contribution in [-0.4, -0.2) is 0 Å². The van der Waals surface area contributed by atoms with Gasteiger partial charge in [0, 0.05) is 33.4 Å². The lowest BCUT2D eigenvalue weighted by atomic mass is 9.92. The van der Waals surface area contributed by atoms with Crippen molar-refractivity contribution in [3.63, 3.8) is 0 Å². The Morgan fingerprint density at radius 3 is 1.62 bits per heavy atom. The Morgan fingerprint density at radius 1 is 0.359 bits per heavy atom. The van der Waals surface area contributed by atoms with Gasteiger partial charge in [-0.25, -0.2) is 0 Å². The first kappa shape index (κ1) is 37.6. The monoisotopic (exact) mass is 817 g/mol. The topological polar surface area (TPSA) is 16.4 Å².